The van der Waals surface area contributed by atoms with Crippen LogP contribution in [0.25, 0.3) is 0 Å². The lowest BCUT2D eigenvalue weighted by Crippen LogP contribution is -2.14. The normalized spacial score (nSPS) is 12.6. The number of hydrogen-bond acceptors (Lipinski definition) is 1. The van der Waals surface area contributed by atoms with E-state index in [0.29, 0.717) is 10.6 Å². The zero-order valence-corrected chi connectivity index (χ0v) is 7.34. The van der Waals surface area contributed by atoms with E-state index in [4.69, 9.17) is 11.6 Å². The van der Waals surface area contributed by atoms with Crippen LogP contribution in [-0.4, -0.2) is 11.9 Å². The fourth-order valence-electron chi connectivity index (χ4n) is 0.876. The molecule has 0 aliphatic heterocycles. The molecule has 1 unspecified atom stereocenters. The van der Waals surface area contributed by atoms with E-state index in [0.717, 1.165) is 0 Å². The Labute approximate surface area is 75.8 Å². The second-order valence-corrected chi connectivity index (χ2v) is 2.95. The summed E-state index contributed by atoms with van der Waals surface area (Å²) < 4.78 is 0. The molecule has 0 aromatic heterocycles. The van der Waals surface area contributed by atoms with Gasteiger partial charge in [-0.1, -0.05) is 23.7 Å². The molecule has 1 rings (SSSR count). The molecule has 1 atom stereocenters. The van der Waals surface area contributed by atoms with Crippen molar-refractivity contribution in [3.05, 3.63) is 34.9 Å². The Morgan fingerprint density at radius 1 is 1.50 bits per heavy atom. The average Bonchev–Trinajstić information content (AvgIpc) is 2.03. The van der Waals surface area contributed by atoms with E-state index in [1.54, 1.807) is 18.2 Å². The molecule has 0 spiro atoms. The number of halogens is 1. The molecule has 2 nitrogen and oxygen atoms in total. The molecule has 12 heavy (non-hydrogen) atoms. The molecule has 63 valence electrons. The quantitative estimate of drug-likeness (QED) is 0.649. The highest BCUT2D eigenvalue weighted by Crippen LogP contribution is 2.12. The van der Waals surface area contributed by atoms with Crippen LogP contribution in [0.4, 0.5) is 0 Å². The van der Waals surface area contributed by atoms with Gasteiger partial charge in [-0.3, -0.25) is 4.79 Å². The minimum atomic E-state index is -1.22. The molecule has 1 radical (unpaired) electrons. The average molecular weight is 184 g/mol. The van der Waals surface area contributed by atoms with Crippen LogP contribution in [0.15, 0.2) is 24.3 Å². The van der Waals surface area contributed by atoms with Gasteiger partial charge in [0, 0.05) is 10.6 Å². The standard InChI is InChI=1S/C9H8ClO2/c1-6(11)9(12)7-3-2-4-8(10)5-7/h2-6H,1H3. The fraction of sp³-hybridized carbons (Fsp3) is 0.222. The largest absolute Gasteiger partial charge is 0.291 e. The minimum absolute atomic E-state index is 0.380. The molecule has 0 amide bonds. The number of hydrogen-bond donors (Lipinski definition) is 0. The van der Waals surface area contributed by atoms with Crippen LogP contribution in [0.5, 0.6) is 0 Å². The zero-order valence-electron chi connectivity index (χ0n) is 6.58. The van der Waals surface area contributed by atoms with Gasteiger partial charge in [0.2, 0.25) is 0 Å². The molecule has 0 fully saturated rings. The van der Waals surface area contributed by atoms with Crippen LogP contribution in [-0.2, 0) is 5.11 Å². The number of benzene rings is 1. The van der Waals surface area contributed by atoms with Gasteiger partial charge in [0.25, 0.3) is 0 Å². The monoisotopic (exact) mass is 183 g/mol. The minimum Gasteiger partial charge on any atom is -0.291 e. The molecule has 0 aliphatic rings. The maximum Gasteiger partial charge on any atom is 0.194 e. The van der Waals surface area contributed by atoms with Gasteiger partial charge in [-0.2, -0.15) is 0 Å². The van der Waals surface area contributed by atoms with E-state index in [1.807, 2.05) is 0 Å². The number of rotatable bonds is 2. The molecule has 0 heterocycles. The highest BCUT2D eigenvalue weighted by molar-refractivity contribution is 6.31. The first-order valence-electron chi connectivity index (χ1n) is 3.57. The maximum absolute atomic E-state index is 11.1. The van der Waals surface area contributed by atoms with Gasteiger partial charge in [0.1, 0.15) is 0 Å². The van der Waals surface area contributed by atoms with Crippen molar-refractivity contribution in [1.29, 1.82) is 0 Å². The van der Waals surface area contributed by atoms with Gasteiger partial charge < -0.3 is 0 Å². The molecule has 0 saturated carbocycles. The molecular weight excluding hydrogens is 176 g/mol. The number of carbonyl (C=O) groups excluding carboxylic acids is 1. The van der Waals surface area contributed by atoms with Crippen molar-refractivity contribution in [2.75, 3.05) is 0 Å². The Morgan fingerprint density at radius 3 is 2.67 bits per heavy atom. The van der Waals surface area contributed by atoms with Crippen LogP contribution in [0.2, 0.25) is 5.02 Å². The summed E-state index contributed by atoms with van der Waals surface area (Å²) >= 11 is 5.64. The topological polar surface area (TPSA) is 37.0 Å². The van der Waals surface area contributed by atoms with Crippen LogP contribution in [0.1, 0.15) is 17.3 Å². The third-order valence-electron chi connectivity index (χ3n) is 1.48. The van der Waals surface area contributed by atoms with Crippen LogP contribution in [0, 0.1) is 0 Å². The van der Waals surface area contributed by atoms with Gasteiger partial charge in [0.05, 0.1) is 0 Å². The third kappa shape index (κ3) is 2.06. The zero-order chi connectivity index (χ0) is 9.14. The number of ketones is 1. The summed E-state index contributed by atoms with van der Waals surface area (Å²) in [7, 11) is 0. The molecule has 0 saturated heterocycles. The molecule has 1 aromatic carbocycles. The molecule has 0 aliphatic carbocycles. The Balaban J connectivity index is 2.96. The van der Waals surface area contributed by atoms with Crippen molar-refractivity contribution >= 4 is 17.4 Å². The smallest absolute Gasteiger partial charge is 0.194 e. The first-order valence-corrected chi connectivity index (χ1v) is 3.94. The predicted octanol–water partition coefficient (Wildman–Crippen LogP) is 2.34. The first-order chi connectivity index (χ1) is 5.61. The molecule has 0 N–H and O–H groups in total. The van der Waals surface area contributed by atoms with Crippen LogP contribution >= 0.6 is 11.6 Å². The van der Waals surface area contributed by atoms with E-state index >= 15 is 0 Å². The van der Waals surface area contributed by atoms with Crippen molar-refractivity contribution in [1.82, 2.24) is 0 Å². The molecule has 0 bridgehead atoms. The SMILES string of the molecule is CC([O])C(=O)c1cccc(Cl)c1. The summed E-state index contributed by atoms with van der Waals surface area (Å²) in [5, 5.41) is 11.2. The van der Waals surface area contributed by atoms with Crippen molar-refractivity contribution in [2.24, 2.45) is 0 Å². The Kier molecular flexibility index (Phi) is 2.84. The summed E-state index contributed by atoms with van der Waals surface area (Å²) in [6, 6.07) is 6.40. The summed E-state index contributed by atoms with van der Waals surface area (Å²) in [6.45, 7) is 1.32. The lowest BCUT2D eigenvalue weighted by atomic mass is 10.1. The van der Waals surface area contributed by atoms with E-state index in [9.17, 15) is 9.90 Å². The van der Waals surface area contributed by atoms with Gasteiger partial charge in [-0.05, 0) is 19.1 Å². The highest BCUT2D eigenvalue weighted by atomic mass is 35.5. The van der Waals surface area contributed by atoms with Gasteiger partial charge in [0.15, 0.2) is 11.9 Å². The van der Waals surface area contributed by atoms with Gasteiger partial charge >= 0.3 is 0 Å². The molecular formula is C9H8ClO2. The van der Waals surface area contributed by atoms with E-state index in [1.165, 1.54) is 13.0 Å². The number of Topliss-reactive ketones (excluding diaryl/α,β-unsaturated/α-hetero) is 1. The van der Waals surface area contributed by atoms with Crippen LogP contribution in [0.3, 0.4) is 0 Å². The summed E-state index contributed by atoms with van der Waals surface area (Å²) in [5.74, 6) is -0.419. The molecule has 1 aromatic rings. The van der Waals surface area contributed by atoms with Crippen molar-refractivity contribution in [3.63, 3.8) is 0 Å². The summed E-state index contributed by atoms with van der Waals surface area (Å²) in [6.07, 6.45) is -1.22. The van der Waals surface area contributed by atoms with Crippen molar-refractivity contribution in [2.45, 2.75) is 13.0 Å². The van der Waals surface area contributed by atoms with Crippen molar-refractivity contribution < 1.29 is 9.90 Å². The Morgan fingerprint density at radius 2 is 2.17 bits per heavy atom. The lowest BCUT2D eigenvalue weighted by molar-refractivity contribution is 0.0605. The van der Waals surface area contributed by atoms with E-state index in [-0.39, 0.29) is 0 Å². The maximum atomic E-state index is 11.1. The summed E-state index contributed by atoms with van der Waals surface area (Å²) in [5.41, 5.74) is 0.380. The van der Waals surface area contributed by atoms with Crippen molar-refractivity contribution in [3.8, 4) is 0 Å². The third-order valence-corrected chi connectivity index (χ3v) is 1.71. The second-order valence-electron chi connectivity index (χ2n) is 2.52. The van der Waals surface area contributed by atoms with E-state index < -0.39 is 11.9 Å². The predicted molar refractivity (Wildman–Crippen MR) is 45.9 cm³/mol. The Bertz CT molecular complexity index is 294. The first kappa shape index (κ1) is 9.23. The number of carbonyl (C=O) groups is 1. The van der Waals surface area contributed by atoms with Gasteiger partial charge in [-0.25, -0.2) is 5.11 Å². The van der Waals surface area contributed by atoms with E-state index in [2.05, 4.69) is 0 Å². The lowest BCUT2D eigenvalue weighted by Gasteiger charge is -2.00. The Hall–Kier alpha value is -0.860. The fourth-order valence-corrected chi connectivity index (χ4v) is 1.07. The summed E-state index contributed by atoms with van der Waals surface area (Å²) in [4.78, 5) is 11.1. The molecule has 3 heteroatoms. The highest BCUT2D eigenvalue weighted by Gasteiger charge is 2.12. The van der Waals surface area contributed by atoms with Gasteiger partial charge in [-0.15, -0.1) is 0 Å². The second kappa shape index (κ2) is 3.70. The van der Waals surface area contributed by atoms with Crippen LogP contribution < -0.4 is 0 Å².